The number of ether oxygens (including phenoxy) is 10. The van der Waals surface area contributed by atoms with Crippen LogP contribution in [0.25, 0.3) is 0 Å². The molecule has 0 unspecified atom stereocenters. The summed E-state index contributed by atoms with van der Waals surface area (Å²) in [6.45, 7) is 11.9. The third-order valence-electron chi connectivity index (χ3n) is 6.98. The Morgan fingerprint density at radius 1 is 0.471 bits per heavy atom. The second-order valence-electron chi connectivity index (χ2n) is 11.3. The molecule has 0 aliphatic carbocycles. The Hall–Kier alpha value is -1.76. The quantitative estimate of drug-likeness (QED) is 0.0538. The van der Waals surface area contributed by atoms with Crippen molar-refractivity contribution in [3.05, 3.63) is 29.8 Å². The zero-order valence-electron chi connectivity index (χ0n) is 31.0. The largest absolute Gasteiger partial charge is 0.463 e. The van der Waals surface area contributed by atoms with Gasteiger partial charge in [-0.2, -0.15) is 8.42 Å². The smallest absolute Gasteiger partial charge is 0.305 e. The van der Waals surface area contributed by atoms with Crippen molar-refractivity contribution < 1.29 is 64.8 Å². The van der Waals surface area contributed by atoms with Crippen LogP contribution in [-0.4, -0.2) is 147 Å². The maximum Gasteiger partial charge on any atom is 0.305 e. The second-order valence-corrected chi connectivity index (χ2v) is 13.0. The van der Waals surface area contributed by atoms with Gasteiger partial charge in [-0.3, -0.25) is 8.98 Å². The molecule has 0 heterocycles. The molecule has 0 aliphatic heterocycles. The van der Waals surface area contributed by atoms with E-state index in [2.05, 4.69) is 6.92 Å². The molecule has 298 valence electrons. The number of carbonyl (C=O) groups excluding carboxylic acids is 1. The monoisotopic (exact) mass is 752 g/mol. The Morgan fingerprint density at radius 3 is 1.20 bits per heavy atom. The van der Waals surface area contributed by atoms with Crippen molar-refractivity contribution in [3.8, 4) is 0 Å². The van der Waals surface area contributed by atoms with Gasteiger partial charge in [0.1, 0.15) is 6.61 Å². The Balaban J connectivity index is 1.68. The zero-order chi connectivity index (χ0) is 36.9. The van der Waals surface area contributed by atoms with Crippen LogP contribution < -0.4 is 0 Å². The Labute approximate surface area is 306 Å². The normalized spacial score (nSPS) is 11.7. The van der Waals surface area contributed by atoms with Gasteiger partial charge in [0.05, 0.1) is 130 Å². The Bertz CT molecular complexity index is 1010. The van der Waals surface area contributed by atoms with Crippen LogP contribution in [0, 0.1) is 6.92 Å². The lowest BCUT2D eigenvalue weighted by Crippen LogP contribution is -2.16. The molecule has 15 heteroatoms. The summed E-state index contributed by atoms with van der Waals surface area (Å²) >= 11 is 0. The van der Waals surface area contributed by atoms with E-state index in [1.807, 2.05) is 6.92 Å². The van der Waals surface area contributed by atoms with Crippen LogP contribution >= 0.6 is 0 Å². The molecule has 0 atom stereocenters. The van der Waals surface area contributed by atoms with Gasteiger partial charge in [-0.05, 0) is 25.5 Å². The predicted octanol–water partition coefficient (Wildman–Crippen LogP) is 4.14. The number of esters is 1. The predicted molar refractivity (Wildman–Crippen MR) is 191 cm³/mol. The van der Waals surface area contributed by atoms with Crippen LogP contribution in [0.15, 0.2) is 29.2 Å². The number of rotatable bonds is 39. The van der Waals surface area contributed by atoms with Crippen LogP contribution in [-0.2, 0) is 66.5 Å². The van der Waals surface area contributed by atoms with Gasteiger partial charge in [-0.15, -0.1) is 0 Å². The van der Waals surface area contributed by atoms with Gasteiger partial charge in [-0.1, -0.05) is 56.7 Å². The lowest BCUT2D eigenvalue weighted by Gasteiger charge is -2.09. The van der Waals surface area contributed by atoms with Crippen molar-refractivity contribution in [2.24, 2.45) is 0 Å². The summed E-state index contributed by atoms with van der Waals surface area (Å²) in [5.74, 6) is -0.151. The van der Waals surface area contributed by atoms with Gasteiger partial charge >= 0.3 is 5.97 Å². The molecule has 0 aliphatic rings. The van der Waals surface area contributed by atoms with E-state index in [0.29, 0.717) is 119 Å². The van der Waals surface area contributed by atoms with Gasteiger partial charge in [0, 0.05) is 6.42 Å². The van der Waals surface area contributed by atoms with E-state index in [4.69, 9.17) is 51.6 Å². The number of benzene rings is 1. The summed E-state index contributed by atoms with van der Waals surface area (Å²) in [6, 6.07) is 6.48. The lowest BCUT2D eigenvalue weighted by atomic mass is 10.1. The van der Waals surface area contributed by atoms with Crippen molar-refractivity contribution in [2.45, 2.75) is 63.7 Å². The number of carbonyl (C=O) groups is 1. The Kier molecular flexibility index (Phi) is 32.7. The molecule has 14 nitrogen and oxygen atoms in total. The SMILES string of the molecule is CCCCCCCCC(=O)OCCOCCOCCOCCOCCOCCOCCOCCOCCOCCOS(=O)(=O)c1ccc(C)cc1. The van der Waals surface area contributed by atoms with Gasteiger partial charge < -0.3 is 47.4 Å². The van der Waals surface area contributed by atoms with E-state index in [-0.39, 0.29) is 30.7 Å². The van der Waals surface area contributed by atoms with E-state index >= 15 is 0 Å². The molecular weight excluding hydrogens is 688 g/mol. The fourth-order valence-electron chi connectivity index (χ4n) is 4.17. The molecule has 0 bridgehead atoms. The highest BCUT2D eigenvalue weighted by atomic mass is 32.2. The zero-order valence-corrected chi connectivity index (χ0v) is 31.8. The lowest BCUT2D eigenvalue weighted by molar-refractivity contribution is -0.145. The molecule has 0 amide bonds. The average molecular weight is 753 g/mol. The van der Waals surface area contributed by atoms with E-state index in [1.165, 1.54) is 37.8 Å². The van der Waals surface area contributed by atoms with Crippen molar-refractivity contribution >= 4 is 16.1 Å². The minimum atomic E-state index is -3.78. The molecule has 0 saturated heterocycles. The van der Waals surface area contributed by atoms with Crippen molar-refractivity contribution in [1.82, 2.24) is 0 Å². The van der Waals surface area contributed by atoms with Gasteiger partial charge in [0.25, 0.3) is 10.1 Å². The van der Waals surface area contributed by atoms with Crippen LogP contribution in [0.1, 0.15) is 57.4 Å². The molecule has 1 aromatic rings. The third-order valence-corrected chi connectivity index (χ3v) is 8.30. The molecule has 0 N–H and O–H groups in total. The highest BCUT2D eigenvalue weighted by Crippen LogP contribution is 2.13. The minimum Gasteiger partial charge on any atom is -0.463 e. The average Bonchev–Trinajstić information content (AvgIpc) is 3.12. The second kappa shape index (κ2) is 35.3. The summed E-state index contributed by atoms with van der Waals surface area (Å²) in [7, 11) is -3.78. The van der Waals surface area contributed by atoms with Gasteiger partial charge in [0.2, 0.25) is 0 Å². The van der Waals surface area contributed by atoms with Crippen LogP contribution in [0.3, 0.4) is 0 Å². The van der Waals surface area contributed by atoms with Gasteiger partial charge in [-0.25, -0.2) is 0 Å². The number of hydrogen-bond acceptors (Lipinski definition) is 14. The summed E-state index contributed by atoms with van der Waals surface area (Å²) in [5.41, 5.74) is 0.973. The van der Waals surface area contributed by atoms with Crippen LogP contribution in [0.5, 0.6) is 0 Å². The fourth-order valence-corrected chi connectivity index (χ4v) is 5.07. The van der Waals surface area contributed by atoms with Crippen LogP contribution in [0.2, 0.25) is 0 Å². The van der Waals surface area contributed by atoms with Gasteiger partial charge in [0.15, 0.2) is 0 Å². The molecule has 0 saturated carbocycles. The van der Waals surface area contributed by atoms with Crippen molar-refractivity contribution in [2.75, 3.05) is 132 Å². The molecule has 0 spiro atoms. The first-order valence-electron chi connectivity index (χ1n) is 18.3. The number of aryl methyl sites for hydroxylation is 1. The van der Waals surface area contributed by atoms with E-state index in [1.54, 1.807) is 12.1 Å². The van der Waals surface area contributed by atoms with E-state index in [0.717, 1.165) is 18.4 Å². The van der Waals surface area contributed by atoms with Crippen LogP contribution in [0.4, 0.5) is 0 Å². The summed E-state index contributed by atoms with van der Waals surface area (Å²) in [4.78, 5) is 11.8. The molecule has 0 aromatic heterocycles. The number of unbranched alkanes of at least 4 members (excludes halogenated alkanes) is 5. The molecule has 0 radical (unpaired) electrons. The summed E-state index contributed by atoms with van der Waals surface area (Å²) < 4.78 is 83.3. The Morgan fingerprint density at radius 2 is 0.804 bits per heavy atom. The van der Waals surface area contributed by atoms with E-state index in [9.17, 15) is 13.2 Å². The standard InChI is InChI=1S/C36H64O14S/c1-3-4-5-6-7-8-9-36(37)49-32-30-47-28-26-45-24-22-43-20-18-41-16-14-40-15-17-42-19-21-44-23-25-46-27-29-48-31-33-50-51(38,39)35-12-10-34(2)11-13-35/h10-13H,3-9,14-33H2,1-2H3. The molecule has 1 aromatic carbocycles. The molecular formula is C36H64O14S. The van der Waals surface area contributed by atoms with Crippen molar-refractivity contribution in [1.29, 1.82) is 0 Å². The fraction of sp³-hybridized carbons (Fsp3) is 0.806. The molecule has 1 rings (SSSR count). The summed E-state index contributed by atoms with van der Waals surface area (Å²) in [6.07, 6.45) is 7.38. The third kappa shape index (κ3) is 31.5. The topological polar surface area (TPSA) is 153 Å². The highest BCUT2D eigenvalue weighted by Gasteiger charge is 2.14. The first-order valence-corrected chi connectivity index (χ1v) is 19.7. The number of hydrogen-bond donors (Lipinski definition) is 0. The van der Waals surface area contributed by atoms with E-state index < -0.39 is 10.1 Å². The molecule has 51 heavy (non-hydrogen) atoms. The first kappa shape index (κ1) is 47.3. The maximum absolute atomic E-state index is 12.1. The summed E-state index contributed by atoms with van der Waals surface area (Å²) in [5, 5.41) is 0. The molecule has 0 fully saturated rings. The van der Waals surface area contributed by atoms with Crippen molar-refractivity contribution in [3.63, 3.8) is 0 Å². The first-order chi connectivity index (χ1) is 25.0. The maximum atomic E-state index is 12.1. The minimum absolute atomic E-state index is 0.0624. The highest BCUT2D eigenvalue weighted by molar-refractivity contribution is 7.86.